The Balaban J connectivity index is 1.48. The van der Waals surface area contributed by atoms with Gasteiger partial charge < -0.3 is 15.3 Å². The van der Waals surface area contributed by atoms with Crippen LogP contribution in [0.25, 0.3) is 0 Å². The number of carbonyl (C=O) groups is 1. The number of aromatic hydroxyl groups is 1. The third-order valence-corrected chi connectivity index (χ3v) is 4.61. The van der Waals surface area contributed by atoms with E-state index in [0.717, 1.165) is 44.0 Å². The molecular weight excluding hydrogens is 314 g/mol. The first kappa shape index (κ1) is 17.3. The van der Waals surface area contributed by atoms with Crippen molar-refractivity contribution in [2.75, 3.05) is 42.9 Å². The van der Waals surface area contributed by atoms with Crippen molar-refractivity contribution in [3.8, 4) is 5.75 Å². The van der Waals surface area contributed by atoms with Crippen molar-refractivity contribution in [1.82, 2.24) is 4.90 Å². The molecule has 0 spiro atoms. The minimum absolute atomic E-state index is 0.0141. The molecular formula is C20H25N3O2. The molecule has 5 nitrogen and oxygen atoms in total. The molecule has 1 amide bonds. The maximum Gasteiger partial charge on any atom is 0.238 e. The number of carbonyl (C=O) groups excluding carboxylic acids is 1. The van der Waals surface area contributed by atoms with Crippen molar-refractivity contribution in [1.29, 1.82) is 0 Å². The Labute approximate surface area is 148 Å². The van der Waals surface area contributed by atoms with Crippen LogP contribution in [0.2, 0.25) is 0 Å². The van der Waals surface area contributed by atoms with Gasteiger partial charge in [0.15, 0.2) is 0 Å². The van der Waals surface area contributed by atoms with Gasteiger partial charge in [0.1, 0.15) is 5.75 Å². The zero-order valence-electron chi connectivity index (χ0n) is 14.6. The maximum absolute atomic E-state index is 12.2. The molecule has 0 radical (unpaired) electrons. The molecule has 1 fully saturated rings. The molecule has 1 heterocycles. The molecule has 1 aliphatic rings. The van der Waals surface area contributed by atoms with Crippen molar-refractivity contribution in [3.05, 3.63) is 54.1 Å². The lowest BCUT2D eigenvalue weighted by Crippen LogP contribution is -2.48. The van der Waals surface area contributed by atoms with Crippen molar-refractivity contribution in [2.45, 2.75) is 13.3 Å². The van der Waals surface area contributed by atoms with Gasteiger partial charge in [0.25, 0.3) is 0 Å². The summed E-state index contributed by atoms with van der Waals surface area (Å²) in [5.74, 6) is 0.324. The van der Waals surface area contributed by atoms with Crippen LogP contribution < -0.4 is 10.2 Å². The first-order valence-corrected chi connectivity index (χ1v) is 8.80. The molecule has 25 heavy (non-hydrogen) atoms. The minimum atomic E-state index is 0.0141. The Hall–Kier alpha value is -2.53. The van der Waals surface area contributed by atoms with E-state index in [-0.39, 0.29) is 5.91 Å². The predicted molar refractivity (Wildman–Crippen MR) is 101 cm³/mol. The number of phenols is 1. The molecule has 2 aromatic carbocycles. The number of para-hydroxylation sites is 2. The Bertz CT molecular complexity index is 707. The van der Waals surface area contributed by atoms with Crippen molar-refractivity contribution in [3.63, 3.8) is 0 Å². The second kappa shape index (κ2) is 8.03. The monoisotopic (exact) mass is 339 g/mol. The normalized spacial score (nSPS) is 15.2. The highest BCUT2D eigenvalue weighted by Crippen LogP contribution is 2.27. The summed E-state index contributed by atoms with van der Waals surface area (Å²) in [6, 6.07) is 15.4. The Kier molecular flexibility index (Phi) is 5.56. The van der Waals surface area contributed by atoms with Crippen molar-refractivity contribution < 1.29 is 9.90 Å². The second-order valence-corrected chi connectivity index (χ2v) is 6.35. The zero-order chi connectivity index (χ0) is 17.6. The van der Waals surface area contributed by atoms with E-state index in [4.69, 9.17) is 0 Å². The average Bonchev–Trinajstić information content (AvgIpc) is 2.63. The quantitative estimate of drug-likeness (QED) is 0.879. The van der Waals surface area contributed by atoms with Crippen LogP contribution >= 0.6 is 0 Å². The number of amides is 1. The highest BCUT2D eigenvalue weighted by molar-refractivity contribution is 5.92. The number of anilines is 2. The van der Waals surface area contributed by atoms with Crippen LogP contribution in [-0.2, 0) is 11.2 Å². The molecule has 1 saturated heterocycles. The van der Waals surface area contributed by atoms with Gasteiger partial charge in [-0.15, -0.1) is 0 Å². The number of rotatable bonds is 5. The molecule has 0 unspecified atom stereocenters. The molecule has 5 heteroatoms. The van der Waals surface area contributed by atoms with E-state index >= 15 is 0 Å². The Morgan fingerprint density at radius 3 is 2.36 bits per heavy atom. The van der Waals surface area contributed by atoms with Crippen LogP contribution in [0.15, 0.2) is 48.5 Å². The summed E-state index contributed by atoms with van der Waals surface area (Å²) in [6.45, 7) is 5.71. The molecule has 0 saturated carbocycles. The fourth-order valence-electron chi connectivity index (χ4n) is 3.11. The van der Waals surface area contributed by atoms with E-state index in [1.165, 1.54) is 5.56 Å². The molecule has 1 aliphatic heterocycles. The summed E-state index contributed by atoms with van der Waals surface area (Å²) in [5, 5.41) is 12.9. The predicted octanol–water partition coefficient (Wildman–Crippen LogP) is 2.72. The average molecular weight is 339 g/mol. The first-order valence-electron chi connectivity index (χ1n) is 8.80. The van der Waals surface area contributed by atoms with Gasteiger partial charge in [-0.2, -0.15) is 0 Å². The fourth-order valence-corrected chi connectivity index (χ4v) is 3.11. The van der Waals surface area contributed by atoms with Gasteiger partial charge in [0.2, 0.25) is 5.91 Å². The lowest BCUT2D eigenvalue weighted by atomic mass is 10.1. The van der Waals surface area contributed by atoms with Crippen LogP contribution in [-0.4, -0.2) is 48.6 Å². The minimum Gasteiger partial charge on any atom is -0.506 e. The largest absolute Gasteiger partial charge is 0.506 e. The van der Waals surface area contributed by atoms with Gasteiger partial charge in [-0.3, -0.25) is 9.69 Å². The van der Waals surface area contributed by atoms with Gasteiger partial charge in [0.05, 0.1) is 12.2 Å². The van der Waals surface area contributed by atoms with Crippen LogP contribution in [0, 0.1) is 0 Å². The summed E-state index contributed by atoms with van der Waals surface area (Å²) in [5.41, 5.74) is 2.97. The van der Waals surface area contributed by atoms with Gasteiger partial charge in [-0.25, -0.2) is 0 Å². The molecule has 0 aromatic heterocycles. The van der Waals surface area contributed by atoms with E-state index in [1.54, 1.807) is 6.07 Å². The number of nitrogens with one attached hydrogen (secondary N) is 1. The third-order valence-electron chi connectivity index (χ3n) is 4.61. The zero-order valence-corrected chi connectivity index (χ0v) is 14.6. The summed E-state index contributed by atoms with van der Waals surface area (Å²) < 4.78 is 0. The van der Waals surface area contributed by atoms with Crippen LogP contribution in [0.5, 0.6) is 5.75 Å². The number of piperazine rings is 1. The number of phenolic OH excluding ortho intramolecular Hbond substituents is 1. The highest BCUT2D eigenvalue weighted by Gasteiger charge is 2.20. The number of nitrogens with zero attached hydrogens (tertiary/aromatic N) is 2. The van der Waals surface area contributed by atoms with Crippen LogP contribution in [0.4, 0.5) is 11.4 Å². The molecule has 2 aromatic rings. The standard InChI is InChI=1S/C20H25N3O2/c1-2-16-7-9-17(10-8-16)21-20(25)15-22-11-13-23(14-12-22)18-5-3-4-6-19(18)24/h3-10,24H,2,11-15H2,1H3,(H,21,25). The number of hydrogen-bond donors (Lipinski definition) is 2. The third kappa shape index (κ3) is 4.51. The summed E-state index contributed by atoms with van der Waals surface area (Å²) >= 11 is 0. The number of hydrogen-bond acceptors (Lipinski definition) is 4. The Morgan fingerprint density at radius 2 is 1.72 bits per heavy atom. The van der Waals surface area contributed by atoms with Gasteiger partial charge in [-0.05, 0) is 36.2 Å². The van der Waals surface area contributed by atoms with E-state index in [1.807, 2.05) is 42.5 Å². The van der Waals surface area contributed by atoms with E-state index in [9.17, 15) is 9.90 Å². The van der Waals surface area contributed by atoms with E-state index in [0.29, 0.717) is 12.3 Å². The van der Waals surface area contributed by atoms with Gasteiger partial charge >= 0.3 is 0 Å². The summed E-state index contributed by atoms with van der Waals surface area (Å²) in [7, 11) is 0. The van der Waals surface area contributed by atoms with Crippen LogP contribution in [0.3, 0.4) is 0 Å². The van der Waals surface area contributed by atoms with Gasteiger partial charge in [-0.1, -0.05) is 31.2 Å². The van der Waals surface area contributed by atoms with E-state index in [2.05, 4.69) is 22.0 Å². The fraction of sp³-hybridized carbons (Fsp3) is 0.350. The topological polar surface area (TPSA) is 55.8 Å². The second-order valence-electron chi connectivity index (χ2n) is 6.35. The number of aryl methyl sites for hydroxylation is 1. The van der Waals surface area contributed by atoms with Crippen molar-refractivity contribution in [2.24, 2.45) is 0 Å². The first-order chi connectivity index (χ1) is 12.2. The molecule has 132 valence electrons. The summed E-state index contributed by atoms with van der Waals surface area (Å²) in [6.07, 6.45) is 0.996. The SMILES string of the molecule is CCc1ccc(NC(=O)CN2CCN(c3ccccc3O)CC2)cc1. The summed E-state index contributed by atoms with van der Waals surface area (Å²) in [4.78, 5) is 16.5. The van der Waals surface area contributed by atoms with E-state index < -0.39 is 0 Å². The highest BCUT2D eigenvalue weighted by atomic mass is 16.3. The Morgan fingerprint density at radius 1 is 1.04 bits per heavy atom. The van der Waals surface area contributed by atoms with Crippen molar-refractivity contribution >= 4 is 17.3 Å². The molecule has 0 aliphatic carbocycles. The lowest BCUT2D eigenvalue weighted by Gasteiger charge is -2.35. The number of benzene rings is 2. The maximum atomic E-state index is 12.2. The molecule has 0 atom stereocenters. The smallest absolute Gasteiger partial charge is 0.238 e. The molecule has 2 N–H and O–H groups in total. The van der Waals surface area contributed by atoms with Gasteiger partial charge in [0, 0.05) is 31.9 Å². The lowest BCUT2D eigenvalue weighted by molar-refractivity contribution is -0.117. The molecule has 0 bridgehead atoms. The van der Waals surface area contributed by atoms with Crippen LogP contribution in [0.1, 0.15) is 12.5 Å². The molecule has 3 rings (SSSR count).